The Balaban J connectivity index is 1.47. The summed E-state index contributed by atoms with van der Waals surface area (Å²) in [7, 11) is 0. The molecule has 38 heavy (non-hydrogen) atoms. The van der Waals surface area contributed by atoms with E-state index in [1.807, 2.05) is 59.1 Å². The molecule has 6 nitrogen and oxygen atoms in total. The van der Waals surface area contributed by atoms with Crippen LogP contribution in [0, 0.1) is 19.7 Å². The lowest BCUT2D eigenvalue weighted by Gasteiger charge is -2.31. The standard InChI is InChI=1S/C31H28FN5O/c1-21-10-14-24(15-11-21)29-28-9-6-18-35(28)30-27(22(2)34-37(30)26-7-4-3-5-8-26)20-36(29)31(38)33-19-23-12-16-25(32)17-13-23/h3-18,29H,19-20H2,1-2H3,(H,33,38). The summed E-state index contributed by atoms with van der Waals surface area (Å²) in [4.78, 5) is 15.7. The topological polar surface area (TPSA) is 55.1 Å². The minimum atomic E-state index is -0.324. The van der Waals surface area contributed by atoms with Crippen LogP contribution in [0.5, 0.6) is 0 Å². The second-order valence-electron chi connectivity index (χ2n) is 9.66. The Bertz CT molecular complexity index is 1590. The van der Waals surface area contributed by atoms with Gasteiger partial charge < -0.3 is 14.8 Å². The number of nitrogens with zero attached hydrogens (tertiary/aromatic N) is 4. The van der Waals surface area contributed by atoms with E-state index in [-0.39, 0.29) is 17.9 Å². The van der Waals surface area contributed by atoms with Crippen molar-refractivity contribution in [2.24, 2.45) is 0 Å². The number of urea groups is 1. The molecule has 0 radical (unpaired) electrons. The van der Waals surface area contributed by atoms with Gasteiger partial charge in [0.1, 0.15) is 11.6 Å². The molecule has 1 N–H and O–H groups in total. The number of halogens is 1. The third-order valence-corrected chi connectivity index (χ3v) is 7.10. The maximum atomic E-state index is 13.9. The molecule has 1 aliphatic rings. The van der Waals surface area contributed by atoms with Gasteiger partial charge in [-0.1, -0.05) is 60.2 Å². The van der Waals surface area contributed by atoms with Crippen molar-refractivity contribution in [3.63, 3.8) is 0 Å². The van der Waals surface area contributed by atoms with E-state index in [1.165, 1.54) is 12.1 Å². The molecule has 2 aromatic heterocycles. The van der Waals surface area contributed by atoms with Crippen molar-refractivity contribution in [3.05, 3.63) is 137 Å². The molecule has 7 heteroatoms. The van der Waals surface area contributed by atoms with Crippen molar-refractivity contribution in [3.8, 4) is 11.5 Å². The van der Waals surface area contributed by atoms with Gasteiger partial charge in [-0.3, -0.25) is 0 Å². The van der Waals surface area contributed by atoms with Crippen LogP contribution in [0.15, 0.2) is 97.2 Å². The molecule has 0 spiro atoms. The number of hydrogen-bond acceptors (Lipinski definition) is 2. The van der Waals surface area contributed by atoms with E-state index in [0.717, 1.165) is 45.1 Å². The van der Waals surface area contributed by atoms with Crippen molar-refractivity contribution in [1.29, 1.82) is 0 Å². The first kappa shape index (κ1) is 23.7. The maximum absolute atomic E-state index is 13.9. The number of benzene rings is 3. The molecule has 0 saturated heterocycles. The van der Waals surface area contributed by atoms with Gasteiger partial charge in [0.15, 0.2) is 0 Å². The summed E-state index contributed by atoms with van der Waals surface area (Å²) < 4.78 is 17.5. The maximum Gasteiger partial charge on any atom is 0.318 e. The molecule has 0 aliphatic carbocycles. The second kappa shape index (κ2) is 9.67. The van der Waals surface area contributed by atoms with Crippen LogP contribution < -0.4 is 5.32 Å². The Morgan fingerprint density at radius 3 is 2.42 bits per heavy atom. The number of carbonyl (C=O) groups excluding carboxylic acids is 1. The van der Waals surface area contributed by atoms with Gasteiger partial charge in [0.25, 0.3) is 0 Å². The highest BCUT2D eigenvalue weighted by molar-refractivity contribution is 5.76. The Morgan fingerprint density at radius 1 is 0.947 bits per heavy atom. The number of fused-ring (bicyclic) bond motifs is 3. The summed E-state index contributed by atoms with van der Waals surface area (Å²) >= 11 is 0. The first-order valence-electron chi connectivity index (χ1n) is 12.7. The zero-order valence-corrected chi connectivity index (χ0v) is 21.3. The molecule has 0 fully saturated rings. The van der Waals surface area contributed by atoms with Crippen molar-refractivity contribution in [1.82, 2.24) is 24.6 Å². The number of hydrogen-bond donors (Lipinski definition) is 1. The lowest BCUT2D eigenvalue weighted by molar-refractivity contribution is 0.180. The number of rotatable bonds is 4. The third-order valence-electron chi connectivity index (χ3n) is 7.10. The van der Waals surface area contributed by atoms with Gasteiger partial charge in [-0.25, -0.2) is 13.9 Å². The normalized spacial score (nSPS) is 14.5. The van der Waals surface area contributed by atoms with Crippen molar-refractivity contribution >= 4 is 6.03 Å². The van der Waals surface area contributed by atoms with Gasteiger partial charge in [-0.2, -0.15) is 5.10 Å². The third kappa shape index (κ3) is 4.26. The molecule has 190 valence electrons. The van der Waals surface area contributed by atoms with Crippen LogP contribution in [-0.4, -0.2) is 25.3 Å². The number of carbonyl (C=O) groups is 1. The average molecular weight is 506 g/mol. The lowest BCUT2D eigenvalue weighted by atomic mass is 10.0. The van der Waals surface area contributed by atoms with Crippen LogP contribution in [-0.2, 0) is 13.1 Å². The van der Waals surface area contributed by atoms with E-state index in [9.17, 15) is 9.18 Å². The molecule has 3 aromatic carbocycles. The molecule has 1 unspecified atom stereocenters. The van der Waals surface area contributed by atoms with Crippen LogP contribution in [0.4, 0.5) is 9.18 Å². The predicted octanol–water partition coefficient (Wildman–Crippen LogP) is 6.23. The second-order valence-corrected chi connectivity index (χ2v) is 9.66. The highest BCUT2D eigenvalue weighted by Gasteiger charge is 2.35. The summed E-state index contributed by atoms with van der Waals surface area (Å²) in [5, 5.41) is 7.96. The summed E-state index contributed by atoms with van der Waals surface area (Å²) in [5.41, 5.74) is 6.79. The van der Waals surface area contributed by atoms with E-state index in [1.54, 1.807) is 12.1 Å². The van der Waals surface area contributed by atoms with Gasteiger partial charge in [0, 0.05) is 18.3 Å². The summed E-state index contributed by atoms with van der Waals surface area (Å²) in [6, 6.07) is 28.1. The first-order valence-corrected chi connectivity index (χ1v) is 12.7. The fraction of sp³-hybridized carbons (Fsp3) is 0.161. The van der Waals surface area contributed by atoms with E-state index < -0.39 is 0 Å². The SMILES string of the molecule is Cc1ccc(C2c3cccn3-c3c(c(C)nn3-c3ccccc3)CN2C(=O)NCc2ccc(F)cc2)cc1. The van der Waals surface area contributed by atoms with E-state index in [4.69, 9.17) is 5.10 Å². The largest absolute Gasteiger partial charge is 0.334 e. The molecule has 1 aliphatic heterocycles. The summed E-state index contributed by atoms with van der Waals surface area (Å²) in [5.74, 6) is 0.630. The molecular formula is C31H28FN5O. The molecular weight excluding hydrogens is 477 g/mol. The number of para-hydroxylation sites is 1. The van der Waals surface area contributed by atoms with Crippen LogP contribution in [0.3, 0.4) is 0 Å². The van der Waals surface area contributed by atoms with E-state index >= 15 is 0 Å². The van der Waals surface area contributed by atoms with Crippen LogP contribution >= 0.6 is 0 Å². The summed E-state index contributed by atoms with van der Waals surface area (Å²) in [6.45, 7) is 4.72. The predicted molar refractivity (Wildman–Crippen MR) is 145 cm³/mol. The highest BCUT2D eigenvalue weighted by atomic mass is 19.1. The molecule has 6 rings (SSSR count). The molecule has 2 amide bonds. The average Bonchev–Trinajstić information content (AvgIpc) is 3.50. The Morgan fingerprint density at radius 2 is 1.68 bits per heavy atom. The number of amides is 2. The van der Waals surface area contributed by atoms with Gasteiger partial charge in [-0.05, 0) is 61.4 Å². The Hall–Kier alpha value is -4.65. The van der Waals surface area contributed by atoms with Crippen molar-refractivity contribution in [2.75, 3.05) is 0 Å². The Labute approximate surface area is 221 Å². The minimum absolute atomic E-state index is 0.202. The van der Waals surface area contributed by atoms with Crippen molar-refractivity contribution in [2.45, 2.75) is 33.0 Å². The summed E-state index contributed by atoms with van der Waals surface area (Å²) in [6.07, 6.45) is 2.04. The van der Waals surface area contributed by atoms with Gasteiger partial charge in [0.2, 0.25) is 0 Å². The fourth-order valence-electron chi connectivity index (χ4n) is 5.13. The fourth-order valence-corrected chi connectivity index (χ4v) is 5.13. The van der Waals surface area contributed by atoms with Crippen LogP contribution in [0.25, 0.3) is 11.5 Å². The quantitative estimate of drug-likeness (QED) is 0.315. The smallest absolute Gasteiger partial charge is 0.318 e. The van der Waals surface area contributed by atoms with Crippen molar-refractivity contribution < 1.29 is 9.18 Å². The van der Waals surface area contributed by atoms with Gasteiger partial charge in [-0.15, -0.1) is 0 Å². The number of aromatic nitrogens is 3. The molecule has 5 aromatic rings. The monoisotopic (exact) mass is 505 g/mol. The molecule has 0 saturated carbocycles. The Kier molecular flexibility index (Phi) is 6.04. The zero-order chi connectivity index (χ0) is 26.2. The van der Waals surface area contributed by atoms with Gasteiger partial charge in [0.05, 0.1) is 29.7 Å². The minimum Gasteiger partial charge on any atom is -0.334 e. The number of nitrogens with one attached hydrogen (secondary N) is 1. The van der Waals surface area contributed by atoms with E-state index in [0.29, 0.717) is 13.1 Å². The first-order chi connectivity index (χ1) is 18.5. The highest BCUT2D eigenvalue weighted by Crippen LogP contribution is 2.38. The van der Waals surface area contributed by atoms with Crippen LogP contribution in [0.2, 0.25) is 0 Å². The molecule has 1 atom stereocenters. The zero-order valence-electron chi connectivity index (χ0n) is 21.3. The van der Waals surface area contributed by atoms with Crippen LogP contribution in [0.1, 0.15) is 39.7 Å². The number of aryl methyl sites for hydroxylation is 2. The van der Waals surface area contributed by atoms with Gasteiger partial charge >= 0.3 is 6.03 Å². The van der Waals surface area contributed by atoms with E-state index in [2.05, 4.69) is 47.1 Å². The molecule has 3 heterocycles. The molecule has 0 bridgehead atoms. The lowest BCUT2D eigenvalue weighted by Crippen LogP contribution is -2.41.